The molecule has 4 aliphatic carbocycles. The number of carbonyl (C=O) groups is 1. The molecular formula is C25H29N7O. The molecule has 0 spiro atoms. The third-order valence-electron chi connectivity index (χ3n) is 7.87. The average molecular weight is 444 g/mol. The Morgan fingerprint density at radius 1 is 1.06 bits per heavy atom. The molecule has 0 aliphatic heterocycles. The minimum absolute atomic E-state index is 0.0618. The van der Waals surface area contributed by atoms with Crippen molar-refractivity contribution in [1.82, 2.24) is 35.0 Å². The molecule has 4 aliphatic rings. The van der Waals surface area contributed by atoms with Gasteiger partial charge in [-0.25, -0.2) is 24.6 Å². The van der Waals surface area contributed by atoms with Crippen LogP contribution < -0.4 is 5.32 Å². The lowest BCUT2D eigenvalue weighted by molar-refractivity contribution is -0.0503. The molecule has 3 aromatic heterocycles. The second-order valence-electron chi connectivity index (χ2n) is 10.4. The first-order valence-electron chi connectivity index (χ1n) is 11.9. The molecule has 1 N–H and O–H groups in total. The molecule has 1 amide bonds. The molecular weight excluding hydrogens is 414 g/mol. The Bertz CT molecular complexity index is 1170. The number of aryl methyl sites for hydroxylation is 2. The highest BCUT2D eigenvalue weighted by atomic mass is 16.1. The summed E-state index contributed by atoms with van der Waals surface area (Å²) >= 11 is 0. The quantitative estimate of drug-likeness (QED) is 0.646. The molecule has 4 fully saturated rings. The molecule has 8 heteroatoms. The maximum absolute atomic E-state index is 13.1. The number of nitrogens with one attached hydrogen (secondary N) is 1. The van der Waals surface area contributed by atoms with Gasteiger partial charge in [-0.3, -0.25) is 4.79 Å². The lowest BCUT2D eigenvalue weighted by atomic mass is 9.49. The lowest BCUT2D eigenvalue weighted by Crippen LogP contribution is -2.51. The van der Waals surface area contributed by atoms with E-state index in [-0.39, 0.29) is 5.91 Å². The van der Waals surface area contributed by atoms with Gasteiger partial charge < -0.3 is 5.32 Å². The van der Waals surface area contributed by atoms with E-state index in [1.165, 1.54) is 38.5 Å². The smallest absolute Gasteiger partial charge is 0.254 e. The fourth-order valence-electron chi connectivity index (χ4n) is 6.85. The normalized spacial score (nSPS) is 27.6. The summed E-state index contributed by atoms with van der Waals surface area (Å²) in [6.45, 7) is 4.55. The maximum atomic E-state index is 13.1. The highest BCUT2D eigenvalue weighted by molar-refractivity contribution is 5.95. The molecule has 0 saturated heterocycles. The van der Waals surface area contributed by atoms with Gasteiger partial charge in [0, 0.05) is 31.3 Å². The van der Waals surface area contributed by atoms with E-state index in [4.69, 9.17) is 0 Å². The van der Waals surface area contributed by atoms with Gasteiger partial charge in [-0.05, 0) is 87.2 Å². The molecule has 170 valence electrons. The van der Waals surface area contributed by atoms with Crippen LogP contribution in [0, 0.1) is 37.0 Å². The van der Waals surface area contributed by atoms with Crippen molar-refractivity contribution in [2.45, 2.75) is 52.4 Å². The van der Waals surface area contributed by atoms with Crippen molar-refractivity contribution in [3.8, 4) is 17.5 Å². The van der Waals surface area contributed by atoms with E-state index in [1.807, 2.05) is 13.8 Å². The molecule has 0 aromatic carbocycles. The van der Waals surface area contributed by atoms with Gasteiger partial charge in [0.1, 0.15) is 5.69 Å². The van der Waals surface area contributed by atoms with Crippen LogP contribution in [0.1, 0.15) is 60.1 Å². The van der Waals surface area contributed by atoms with E-state index in [0.29, 0.717) is 34.1 Å². The van der Waals surface area contributed by atoms with Gasteiger partial charge in [0.05, 0.1) is 11.3 Å². The largest absolute Gasteiger partial charge is 0.351 e. The van der Waals surface area contributed by atoms with Crippen molar-refractivity contribution in [2.75, 3.05) is 6.54 Å². The molecule has 0 atom stereocenters. The Hall–Kier alpha value is -3.16. The number of nitrogens with zero attached hydrogens (tertiary/aromatic N) is 6. The van der Waals surface area contributed by atoms with Crippen LogP contribution in [0.15, 0.2) is 30.9 Å². The first kappa shape index (κ1) is 20.4. The lowest BCUT2D eigenvalue weighted by Gasteiger charge is -2.56. The van der Waals surface area contributed by atoms with Crippen LogP contribution in [0.4, 0.5) is 0 Å². The topological polar surface area (TPSA) is 98.5 Å². The van der Waals surface area contributed by atoms with Crippen LogP contribution in [0.3, 0.4) is 0 Å². The molecule has 0 unspecified atom stereocenters. The molecule has 33 heavy (non-hydrogen) atoms. The molecule has 0 radical (unpaired) electrons. The minimum Gasteiger partial charge on any atom is -0.351 e. The third kappa shape index (κ3) is 3.71. The van der Waals surface area contributed by atoms with Crippen LogP contribution in [0.5, 0.6) is 0 Å². The fraction of sp³-hybridized carbons (Fsp3) is 0.520. The van der Waals surface area contributed by atoms with Gasteiger partial charge in [0.25, 0.3) is 11.9 Å². The predicted molar refractivity (Wildman–Crippen MR) is 123 cm³/mol. The van der Waals surface area contributed by atoms with Gasteiger partial charge in [-0.2, -0.15) is 5.10 Å². The summed E-state index contributed by atoms with van der Waals surface area (Å²) in [5, 5.41) is 7.79. The molecule has 4 bridgehead atoms. The van der Waals surface area contributed by atoms with Crippen molar-refractivity contribution >= 4 is 5.91 Å². The first-order valence-corrected chi connectivity index (χ1v) is 11.9. The zero-order chi connectivity index (χ0) is 22.6. The second-order valence-corrected chi connectivity index (χ2v) is 10.4. The van der Waals surface area contributed by atoms with Gasteiger partial charge in [0.15, 0.2) is 5.82 Å². The highest BCUT2D eigenvalue weighted by Crippen LogP contribution is 2.59. The standard InChI is InChI=1S/C25H29N7O/c1-15-12-28-24(30-21(15)22-26-4-3-5-27-22)32-13-20(16(2)31-32)23(33)29-14-25-9-17-6-18(10-25)8-19(7-17)11-25/h3-5,12-13,17-19H,6-11,14H2,1-2H3,(H,29,33). The molecule has 8 nitrogen and oxygen atoms in total. The Morgan fingerprint density at radius 3 is 2.39 bits per heavy atom. The Balaban J connectivity index is 1.21. The monoisotopic (exact) mass is 443 g/mol. The van der Waals surface area contributed by atoms with E-state index >= 15 is 0 Å². The summed E-state index contributed by atoms with van der Waals surface area (Å²) in [6, 6.07) is 1.77. The zero-order valence-electron chi connectivity index (χ0n) is 19.2. The van der Waals surface area contributed by atoms with Crippen molar-refractivity contribution in [3.05, 3.63) is 47.7 Å². The minimum atomic E-state index is -0.0618. The van der Waals surface area contributed by atoms with Crippen LogP contribution in [-0.4, -0.2) is 42.2 Å². The van der Waals surface area contributed by atoms with Crippen molar-refractivity contribution in [3.63, 3.8) is 0 Å². The summed E-state index contributed by atoms with van der Waals surface area (Å²) in [7, 11) is 0. The summed E-state index contributed by atoms with van der Waals surface area (Å²) < 4.78 is 1.57. The molecule has 7 rings (SSSR count). The number of hydrogen-bond donors (Lipinski definition) is 1. The van der Waals surface area contributed by atoms with E-state index in [9.17, 15) is 4.79 Å². The fourth-order valence-corrected chi connectivity index (χ4v) is 6.85. The summed E-state index contributed by atoms with van der Waals surface area (Å²) in [5.74, 6) is 3.49. The number of hydrogen-bond acceptors (Lipinski definition) is 6. The van der Waals surface area contributed by atoms with E-state index < -0.39 is 0 Å². The number of rotatable bonds is 5. The highest BCUT2D eigenvalue weighted by Gasteiger charge is 2.50. The summed E-state index contributed by atoms with van der Waals surface area (Å²) in [5.41, 5.74) is 3.07. The first-order chi connectivity index (χ1) is 16.0. The zero-order valence-corrected chi connectivity index (χ0v) is 19.2. The van der Waals surface area contributed by atoms with Crippen molar-refractivity contribution in [2.24, 2.45) is 23.2 Å². The van der Waals surface area contributed by atoms with E-state index in [0.717, 1.165) is 29.9 Å². The SMILES string of the molecule is Cc1cnc(-n2cc(C(=O)NCC34CC5CC(CC(C5)C3)C4)c(C)n2)nc1-c1ncccn1. The summed E-state index contributed by atoms with van der Waals surface area (Å²) in [4.78, 5) is 30.8. The average Bonchev–Trinajstić information content (AvgIpc) is 3.19. The van der Waals surface area contributed by atoms with Gasteiger partial charge in [-0.1, -0.05) is 0 Å². The molecule has 3 heterocycles. The molecule has 3 aromatic rings. The third-order valence-corrected chi connectivity index (χ3v) is 7.87. The van der Waals surface area contributed by atoms with Crippen molar-refractivity contribution < 1.29 is 4.79 Å². The van der Waals surface area contributed by atoms with Gasteiger partial charge in [-0.15, -0.1) is 0 Å². The molecule has 4 saturated carbocycles. The van der Waals surface area contributed by atoms with Crippen LogP contribution in [0.2, 0.25) is 0 Å². The second kappa shape index (κ2) is 7.71. The van der Waals surface area contributed by atoms with Gasteiger partial charge >= 0.3 is 0 Å². The van der Waals surface area contributed by atoms with Gasteiger partial charge in [0.2, 0.25) is 0 Å². The number of aromatic nitrogens is 6. The van der Waals surface area contributed by atoms with Crippen LogP contribution in [0.25, 0.3) is 17.5 Å². The van der Waals surface area contributed by atoms with E-state index in [1.54, 1.807) is 35.5 Å². The van der Waals surface area contributed by atoms with Crippen molar-refractivity contribution in [1.29, 1.82) is 0 Å². The Labute approximate surface area is 193 Å². The summed E-state index contributed by atoms with van der Waals surface area (Å²) in [6.07, 6.45) is 14.9. The Kier molecular flexibility index (Phi) is 4.78. The van der Waals surface area contributed by atoms with E-state index in [2.05, 4.69) is 30.4 Å². The number of carbonyl (C=O) groups excluding carboxylic acids is 1. The van der Waals surface area contributed by atoms with Crippen LogP contribution >= 0.6 is 0 Å². The van der Waals surface area contributed by atoms with Crippen LogP contribution in [-0.2, 0) is 0 Å². The number of amides is 1. The maximum Gasteiger partial charge on any atom is 0.254 e. The predicted octanol–water partition coefficient (Wildman–Crippen LogP) is 3.68. The Morgan fingerprint density at radius 2 is 1.73 bits per heavy atom.